The Morgan fingerprint density at radius 1 is 1.54 bits per heavy atom. The maximum absolute atomic E-state index is 11.1. The zero-order valence-electron chi connectivity index (χ0n) is 6.78. The zero-order valence-corrected chi connectivity index (χ0v) is 6.78. The summed E-state index contributed by atoms with van der Waals surface area (Å²) in [7, 11) is 0. The minimum Gasteiger partial charge on any atom is -0.449 e. The molecule has 0 spiro atoms. The van der Waals surface area contributed by atoms with Crippen LogP contribution >= 0.6 is 0 Å². The first kappa shape index (κ1) is 9.66. The lowest BCUT2D eigenvalue weighted by Crippen LogP contribution is -2.42. The fourth-order valence-electron chi connectivity index (χ4n) is 1.12. The van der Waals surface area contributed by atoms with Gasteiger partial charge in [-0.15, -0.1) is 0 Å². The SMILES string of the molecule is O=C(O)OC(=O)C1CNCCC1=O. The molecule has 1 fully saturated rings. The molecule has 1 atom stereocenters. The number of piperidine rings is 1. The number of ether oxygens (including phenoxy) is 1. The number of carbonyl (C=O) groups excluding carboxylic acids is 2. The van der Waals surface area contributed by atoms with Crippen molar-refractivity contribution in [2.45, 2.75) is 6.42 Å². The Hall–Kier alpha value is -1.43. The Balaban J connectivity index is 2.53. The van der Waals surface area contributed by atoms with Gasteiger partial charge in [0.1, 0.15) is 11.7 Å². The van der Waals surface area contributed by atoms with Gasteiger partial charge < -0.3 is 15.2 Å². The van der Waals surface area contributed by atoms with E-state index in [0.29, 0.717) is 6.54 Å². The Morgan fingerprint density at radius 2 is 2.23 bits per heavy atom. The standard InChI is InChI=1S/C7H9NO5/c9-5-1-2-8-3-4(5)6(10)13-7(11)12/h4,8H,1-3H2,(H,11,12). The summed E-state index contributed by atoms with van der Waals surface area (Å²) in [5.41, 5.74) is 0. The van der Waals surface area contributed by atoms with Crippen LogP contribution in [0.3, 0.4) is 0 Å². The first-order chi connectivity index (χ1) is 6.11. The molecule has 0 saturated carbocycles. The number of carbonyl (C=O) groups is 3. The molecule has 1 unspecified atom stereocenters. The van der Waals surface area contributed by atoms with Crippen molar-refractivity contribution in [3.63, 3.8) is 0 Å². The lowest BCUT2D eigenvalue weighted by molar-refractivity contribution is -0.148. The van der Waals surface area contributed by atoms with Crippen molar-refractivity contribution in [3.8, 4) is 0 Å². The molecule has 0 aromatic carbocycles. The number of hydrogen-bond donors (Lipinski definition) is 2. The molecular weight excluding hydrogens is 178 g/mol. The van der Waals surface area contributed by atoms with E-state index >= 15 is 0 Å². The number of carboxylic acid groups (broad SMARTS) is 1. The van der Waals surface area contributed by atoms with Gasteiger partial charge in [0.15, 0.2) is 0 Å². The molecule has 0 bridgehead atoms. The van der Waals surface area contributed by atoms with E-state index in [0.717, 1.165) is 0 Å². The summed E-state index contributed by atoms with van der Waals surface area (Å²) in [6.07, 6.45) is -1.44. The van der Waals surface area contributed by atoms with Crippen LogP contribution in [-0.4, -0.2) is 36.1 Å². The van der Waals surface area contributed by atoms with Gasteiger partial charge in [-0.2, -0.15) is 0 Å². The minimum absolute atomic E-state index is 0.158. The molecule has 6 heteroatoms. The zero-order chi connectivity index (χ0) is 9.84. The summed E-state index contributed by atoms with van der Waals surface area (Å²) < 4.78 is 3.88. The highest BCUT2D eigenvalue weighted by Gasteiger charge is 2.31. The molecular formula is C7H9NO5. The van der Waals surface area contributed by atoms with Gasteiger partial charge >= 0.3 is 12.1 Å². The van der Waals surface area contributed by atoms with Crippen LogP contribution < -0.4 is 5.32 Å². The van der Waals surface area contributed by atoms with Crippen molar-refractivity contribution in [1.29, 1.82) is 0 Å². The van der Waals surface area contributed by atoms with Gasteiger partial charge in [0.2, 0.25) is 0 Å². The van der Waals surface area contributed by atoms with E-state index in [1.807, 2.05) is 0 Å². The topological polar surface area (TPSA) is 92.7 Å². The van der Waals surface area contributed by atoms with E-state index in [1.54, 1.807) is 0 Å². The average molecular weight is 187 g/mol. The molecule has 0 aromatic heterocycles. The molecule has 1 rings (SSSR count). The molecule has 0 radical (unpaired) electrons. The maximum Gasteiger partial charge on any atom is 0.513 e. The van der Waals surface area contributed by atoms with E-state index < -0.39 is 18.0 Å². The van der Waals surface area contributed by atoms with Crippen molar-refractivity contribution < 1.29 is 24.2 Å². The Bertz CT molecular complexity index is 249. The molecule has 72 valence electrons. The molecule has 0 aromatic rings. The molecule has 1 aliphatic heterocycles. The Kier molecular flexibility index (Phi) is 2.97. The van der Waals surface area contributed by atoms with Crippen LogP contribution in [0.4, 0.5) is 4.79 Å². The van der Waals surface area contributed by atoms with Crippen molar-refractivity contribution in [3.05, 3.63) is 0 Å². The highest BCUT2D eigenvalue weighted by molar-refractivity contribution is 6.02. The predicted molar refractivity (Wildman–Crippen MR) is 40.1 cm³/mol. The number of rotatable bonds is 1. The normalized spacial score (nSPS) is 22.5. The quantitative estimate of drug-likeness (QED) is 0.420. The second-order valence-corrected chi connectivity index (χ2v) is 2.66. The van der Waals surface area contributed by atoms with Gasteiger partial charge in [-0.25, -0.2) is 4.79 Å². The second kappa shape index (κ2) is 3.99. The summed E-state index contributed by atoms with van der Waals surface area (Å²) in [5.74, 6) is -2.24. The number of esters is 1. The number of Topliss-reactive ketones (excluding diaryl/α,β-unsaturated/α-hetero) is 1. The van der Waals surface area contributed by atoms with Crippen LogP contribution in [0.15, 0.2) is 0 Å². The lowest BCUT2D eigenvalue weighted by Gasteiger charge is -2.18. The predicted octanol–water partition coefficient (Wildman–Crippen LogP) is -0.614. The third kappa shape index (κ3) is 2.51. The Labute approximate surface area is 73.9 Å². The van der Waals surface area contributed by atoms with E-state index in [-0.39, 0.29) is 18.7 Å². The minimum atomic E-state index is -1.68. The molecule has 1 aliphatic rings. The molecule has 2 N–H and O–H groups in total. The molecule has 0 amide bonds. The summed E-state index contributed by atoms with van der Waals surface area (Å²) in [6, 6.07) is 0. The van der Waals surface area contributed by atoms with Crippen molar-refractivity contribution in [1.82, 2.24) is 5.32 Å². The molecule has 1 heterocycles. The maximum atomic E-state index is 11.1. The monoisotopic (exact) mass is 187 g/mol. The fourth-order valence-corrected chi connectivity index (χ4v) is 1.12. The fraction of sp³-hybridized carbons (Fsp3) is 0.571. The average Bonchev–Trinajstić information content (AvgIpc) is 2.03. The third-order valence-electron chi connectivity index (χ3n) is 1.76. The van der Waals surface area contributed by atoms with Crippen LogP contribution in [-0.2, 0) is 14.3 Å². The van der Waals surface area contributed by atoms with Gasteiger partial charge in [0.05, 0.1) is 0 Å². The largest absolute Gasteiger partial charge is 0.513 e. The van der Waals surface area contributed by atoms with E-state index in [1.165, 1.54) is 0 Å². The molecule has 6 nitrogen and oxygen atoms in total. The van der Waals surface area contributed by atoms with E-state index in [9.17, 15) is 14.4 Å². The summed E-state index contributed by atoms with van der Waals surface area (Å²) in [5, 5.41) is 10.9. The molecule has 0 aliphatic carbocycles. The highest BCUT2D eigenvalue weighted by Crippen LogP contribution is 2.07. The van der Waals surface area contributed by atoms with Gasteiger partial charge in [0, 0.05) is 19.5 Å². The van der Waals surface area contributed by atoms with Gasteiger partial charge in [-0.3, -0.25) is 9.59 Å². The van der Waals surface area contributed by atoms with E-state index in [2.05, 4.69) is 10.1 Å². The summed E-state index contributed by atoms with van der Waals surface area (Å²) >= 11 is 0. The van der Waals surface area contributed by atoms with Gasteiger partial charge in [-0.05, 0) is 0 Å². The van der Waals surface area contributed by atoms with Crippen LogP contribution in [0.5, 0.6) is 0 Å². The van der Waals surface area contributed by atoms with Crippen LogP contribution in [0.25, 0.3) is 0 Å². The van der Waals surface area contributed by atoms with Crippen LogP contribution in [0, 0.1) is 5.92 Å². The number of ketones is 1. The molecule has 13 heavy (non-hydrogen) atoms. The summed E-state index contributed by atoms with van der Waals surface area (Å²) in [4.78, 5) is 32.0. The highest BCUT2D eigenvalue weighted by atomic mass is 16.7. The van der Waals surface area contributed by atoms with Gasteiger partial charge in [0.25, 0.3) is 0 Å². The number of hydrogen-bond acceptors (Lipinski definition) is 5. The molecule has 1 saturated heterocycles. The van der Waals surface area contributed by atoms with Crippen molar-refractivity contribution in [2.75, 3.05) is 13.1 Å². The first-order valence-electron chi connectivity index (χ1n) is 3.79. The van der Waals surface area contributed by atoms with Gasteiger partial charge in [-0.1, -0.05) is 0 Å². The lowest BCUT2D eigenvalue weighted by atomic mass is 9.98. The van der Waals surface area contributed by atoms with E-state index in [4.69, 9.17) is 5.11 Å². The third-order valence-corrected chi connectivity index (χ3v) is 1.76. The van der Waals surface area contributed by atoms with Crippen molar-refractivity contribution in [2.24, 2.45) is 5.92 Å². The van der Waals surface area contributed by atoms with Crippen LogP contribution in [0.1, 0.15) is 6.42 Å². The number of nitrogens with one attached hydrogen (secondary N) is 1. The smallest absolute Gasteiger partial charge is 0.449 e. The second-order valence-electron chi connectivity index (χ2n) is 2.66. The first-order valence-corrected chi connectivity index (χ1v) is 3.79. The summed E-state index contributed by atoms with van der Waals surface area (Å²) in [6.45, 7) is 0.681. The van der Waals surface area contributed by atoms with Crippen LogP contribution in [0.2, 0.25) is 0 Å². The van der Waals surface area contributed by atoms with Crippen molar-refractivity contribution >= 4 is 17.9 Å². The Morgan fingerprint density at radius 3 is 2.77 bits per heavy atom.